The standard InChI is InChI=1S/C14H14BrF2NS/c1-2-18-12(10-7-13(15)19-8-10)6-9-4-3-5-11(16)14(9)17/h3-5,7-8,12,18H,2,6H2,1H3. The van der Waals surface area contributed by atoms with Gasteiger partial charge in [0.1, 0.15) is 0 Å². The minimum absolute atomic E-state index is 0.0103. The van der Waals surface area contributed by atoms with Crippen LogP contribution in [0.4, 0.5) is 8.78 Å². The van der Waals surface area contributed by atoms with Crippen molar-refractivity contribution in [2.45, 2.75) is 19.4 Å². The van der Waals surface area contributed by atoms with E-state index in [0.29, 0.717) is 12.0 Å². The molecule has 1 aromatic heterocycles. The Morgan fingerprint density at radius 3 is 2.79 bits per heavy atom. The molecule has 0 saturated carbocycles. The third-order valence-corrected chi connectivity index (χ3v) is 4.42. The maximum atomic E-state index is 13.7. The topological polar surface area (TPSA) is 12.0 Å². The van der Waals surface area contributed by atoms with Crippen molar-refractivity contribution in [2.75, 3.05) is 6.54 Å². The second-order valence-electron chi connectivity index (χ2n) is 4.21. The van der Waals surface area contributed by atoms with E-state index < -0.39 is 11.6 Å². The molecule has 2 rings (SSSR count). The van der Waals surface area contributed by atoms with Crippen LogP contribution in [0.1, 0.15) is 24.1 Å². The molecule has 0 spiro atoms. The maximum absolute atomic E-state index is 13.7. The van der Waals surface area contributed by atoms with Crippen LogP contribution in [0.25, 0.3) is 0 Å². The Balaban J connectivity index is 2.23. The Morgan fingerprint density at radius 1 is 1.37 bits per heavy atom. The highest BCUT2D eigenvalue weighted by Crippen LogP contribution is 2.28. The summed E-state index contributed by atoms with van der Waals surface area (Å²) in [4.78, 5) is 0. The van der Waals surface area contributed by atoms with Crippen molar-refractivity contribution in [1.82, 2.24) is 5.32 Å². The highest BCUT2D eigenvalue weighted by atomic mass is 79.9. The van der Waals surface area contributed by atoms with Gasteiger partial charge >= 0.3 is 0 Å². The first kappa shape index (κ1) is 14.6. The van der Waals surface area contributed by atoms with Crippen LogP contribution in [0.5, 0.6) is 0 Å². The van der Waals surface area contributed by atoms with Crippen LogP contribution in [-0.4, -0.2) is 6.54 Å². The first-order chi connectivity index (χ1) is 9.11. The summed E-state index contributed by atoms with van der Waals surface area (Å²) >= 11 is 5.01. The van der Waals surface area contributed by atoms with Crippen molar-refractivity contribution in [2.24, 2.45) is 0 Å². The highest BCUT2D eigenvalue weighted by molar-refractivity contribution is 9.11. The summed E-state index contributed by atoms with van der Waals surface area (Å²) in [7, 11) is 0. The summed E-state index contributed by atoms with van der Waals surface area (Å²) < 4.78 is 28.0. The highest BCUT2D eigenvalue weighted by Gasteiger charge is 2.16. The average molecular weight is 346 g/mol. The molecule has 0 bridgehead atoms. The molecule has 1 atom stereocenters. The van der Waals surface area contributed by atoms with E-state index in [9.17, 15) is 8.78 Å². The fourth-order valence-electron chi connectivity index (χ4n) is 1.99. The van der Waals surface area contributed by atoms with E-state index in [2.05, 4.69) is 21.2 Å². The van der Waals surface area contributed by atoms with E-state index in [-0.39, 0.29) is 6.04 Å². The molecule has 0 saturated heterocycles. The summed E-state index contributed by atoms with van der Waals surface area (Å²) in [5.41, 5.74) is 1.48. The smallest absolute Gasteiger partial charge is 0.162 e. The molecule has 102 valence electrons. The summed E-state index contributed by atoms with van der Waals surface area (Å²) in [6.45, 7) is 2.77. The lowest BCUT2D eigenvalue weighted by Gasteiger charge is -2.17. The maximum Gasteiger partial charge on any atom is 0.162 e. The third-order valence-electron chi connectivity index (χ3n) is 2.90. The van der Waals surface area contributed by atoms with Crippen molar-refractivity contribution in [3.05, 3.63) is 56.2 Å². The summed E-state index contributed by atoms with van der Waals surface area (Å²) in [6.07, 6.45) is 0.431. The summed E-state index contributed by atoms with van der Waals surface area (Å²) in [6, 6.07) is 6.31. The predicted molar refractivity (Wildman–Crippen MR) is 78.5 cm³/mol. The first-order valence-corrected chi connectivity index (χ1v) is 7.69. The minimum Gasteiger partial charge on any atom is -0.310 e. The van der Waals surface area contributed by atoms with Gasteiger partial charge in [-0.3, -0.25) is 0 Å². The first-order valence-electron chi connectivity index (χ1n) is 6.02. The number of benzene rings is 1. The zero-order valence-corrected chi connectivity index (χ0v) is 12.8. The van der Waals surface area contributed by atoms with Crippen molar-refractivity contribution < 1.29 is 8.78 Å². The molecule has 0 aliphatic carbocycles. The van der Waals surface area contributed by atoms with E-state index in [1.807, 2.05) is 18.4 Å². The lowest BCUT2D eigenvalue weighted by atomic mass is 10.0. The normalized spacial score (nSPS) is 12.6. The van der Waals surface area contributed by atoms with Gasteiger partial charge in [-0.25, -0.2) is 8.78 Å². The van der Waals surface area contributed by atoms with E-state index in [4.69, 9.17) is 0 Å². The van der Waals surface area contributed by atoms with Crippen LogP contribution in [0.15, 0.2) is 33.4 Å². The van der Waals surface area contributed by atoms with Gasteiger partial charge in [-0.2, -0.15) is 0 Å². The van der Waals surface area contributed by atoms with Gasteiger partial charge in [0, 0.05) is 6.04 Å². The number of likely N-dealkylation sites (N-methyl/N-ethyl adjacent to an activating group) is 1. The molecule has 2 aromatic rings. The molecule has 0 fully saturated rings. The average Bonchev–Trinajstić information content (AvgIpc) is 2.81. The molecular formula is C14H14BrF2NS. The Hall–Kier alpha value is -0.780. The summed E-state index contributed by atoms with van der Waals surface area (Å²) in [5.74, 6) is -1.54. The second-order valence-corrected chi connectivity index (χ2v) is 6.50. The van der Waals surface area contributed by atoms with Crippen molar-refractivity contribution in [3.63, 3.8) is 0 Å². The number of hydrogen-bond donors (Lipinski definition) is 1. The zero-order valence-electron chi connectivity index (χ0n) is 10.4. The van der Waals surface area contributed by atoms with Gasteiger partial charge in [0.25, 0.3) is 0 Å². The van der Waals surface area contributed by atoms with Crippen LogP contribution >= 0.6 is 27.3 Å². The van der Waals surface area contributed by atoms with Crippen LogP contribution in [0.3, 0.4) is 0 Å². The van der Waals surface area contributed by atoms with Gasteiger partial charge in [0.05, 0.1) is 3.79 Å². The van der Waals surface area contributed by atoms with E-state index >= 15 is 0 Å². The molecule has 0 radical (unpaired) electrons. The number of rotatable bonds is 5. The number of hydrogen-bond acceptors (Lipinski definition) is 2. The largest absolute Gasteiger partial charge is 0.310 e. The molecule has 1 heterocycles. The van der Waals surface area contributed by atoms with Crippen LogP contribution in [0, 0.1) is 11.6 Å². The van der Waals surface area contributed by atoms with Gasteiger partial charge < -0.3 is 5.32 Å². The van der Waals surface area contributed by atoms with E-state index in [1.54, 1.807) is 23.5 Å². The Labute approximate surface area is 123 Å². The molecule has 1 aromatic carbocycles. The lowest BCUT2D eigenvalue weighted by Crippen LogP contribution is -2.23. The SMILES string of the molecule is CCNC(Cc1cccc(F)c1F)c1csc(Br)c1. The van der Waals surface area contributed by atoms with Gasteiger partial charge in [0.15, 0.2) is 11.6 Å². The fourth-order valence-corrected chi connectivity index (χ4v) is 3.22. The quantitative estimate of drug-likeness (QED) is 0.829. The minimum atomic E-state index is -0.792. The van der Waals surface area contributed by atoms with E-state index in [1.165, 1.54) is 0 Å². The van der Waals surface area contributed by atoms with Gasteiger partial charge in [0.2, 0.25) is 0 Å². The Morgan fingerprint density at radius 2 is 2.16 bits per heavy atom. The molecule has 1 N–H and O–H groups in total. The van der Waals surface area contributed by atoms with Gasteiger partial charge in [-0.15, -0.1) is 11.3 Å². The van der Waals surface area contributed by atoms with Crippen molar-refractivity contribution in [1.29, 1.82) is 0 Å². The molecular weight excluding hydrogens is 332 g/mol. The molecule has 0 amide bonds. The number of thiophene rings is 1. The Bertz CT molecular complexity index is 556. The molecule has 0 aliphatic heterocycles. The summed E-state index contributed by atoms with van der Waals surface area (Å²) in [5, 5.41) is 5.33. The van der Waals surface area contributed by atoms with Crippen LogP contribution < -0.4 is 5.32 Å². The van der Waals surface area contributed by atoms with Gasteiger partial charge in [-0.05, 0) is 57.5 Å². The third kappa shape index (κ3) is 3.61. The van der Waals surface area contributed by atoms with Crippen LogP contribution in [-0.2, 0) is 6.42 Å². The molecule has 1 nitrogen and oxygen atoms in total. The molecule has 0 aliphatic rings. The zero-order chi connectivity index (χ0) is 13.8. The monoisotopic (exact) mass is 345 g/mol. The lowest BCUT2D eigenvalue weighted by molar-refractivity contribution is 0.481. The molecule has 5 heteroatoms. The van der Waals surface area contributed by atoms with Crippen LogP contribution in [0.2, 0.25) is 0 Å². The molecule has 1 unspecified atom stereocenters. The van der Waals surface area contributed by atoms with Crippen molar-refractivity contribution in [3.8, 4) is 0 Å². The van der Waals surface area contributed by atoms with E-state index in [0.717, 1.165) is 22.0 Å². The Kier molecular flexibility index (Phi) is 5.07. The number of halogens is 3. The van der Waals surface area contributed by atoms with Gasteiger partial charge in [-0.1, -0.05) is 19.1 Å². The van der Waals surface area contributed by atoms with Crippen molar-refractivity contribution >= 4 is 27.3 Å². The molecule has 19 heavy (non-hydrogen) atoms. The number of nitrogens with one attached hydrogen (secondary N) is 1. The fraction of sp³-hybridized carbons (Fsp3) is 0.286. The predicted octanol–water partition coefficient (Wildman–Crippen LogP) is 4.68. The second kappa shape index (κ2) is 6.59.